The average Bonchev–Trinajstić information content (AvgIpc) is 3.20. The van der Waals surface area contributed by atoms with Gasteiger partial charge in [0, 0.05) is 59.3 Å². The molecule has 2 saturated heterocycles. The third-order valence-electron chi connectivity index (χ3n) is 10.4. The van der Waals surface area contributed by atoms with Gasteiger partial charge in [-0.2, -0.15) is 0 Å². The van der Waals surface area contributed by atoms with Gasteiger partial charge in [0.1, 0.15) is 41.4 Å². The molecule has 3 unspecified atom stereocenters. The fraction of sp³-hybridized carbons (Fsp3) is 0.878. The van der Waals surface area contributed by atoms with Crippen molar-refractivity contribution in [3.8, 4) is 0 Å². The number of aliphatic hydroxyl groups is 5. The number of nitrogens with one attached hydrogen (secondary N) is 4. The highest BCUT2D eigenvalue weighted by molar-refractivity contribution is 8.00. The fourth-order valence-corrected chi connectivity index (χ4v) is 9.53. The lowest BCUT2D eigenvalue weighted by atomic mass is 9.98. The van der Waals surface area contributed by atoms with Crippen LogP contribution in [0.1, 0.15) is 124 Å². The molecule has 60 heavy (non-hydrogen) atoms. The predicted octanol–water partition coefficient (Wildman–Crippen LogP) is 1.30. The summed E-state index contributed by atoms with van der Waals surface area (Å²) in [4.78, 5) is 62.5. The summed E-state index contributed by atoms with van der Waals surface area (Å²) < 4.78 is 11.4. The molecule has 17 nitrogen and oxygen atoms in total. The molecule has 0 aromatic rings. The van der Waals surface area contributed by atoms with Gasteiger partial charge in [0.15, 0.2) is 0 Å². The van der Waals surface area contributed by atoms with E-state index < -0.39 is 60.1 Å². The molecule has 0 bridgehead atoms. The third-order valence-corrected chi connectivity index (χ3v) is 13.0. The Labute approximate surface area is 365 Å². The number of carbonyl (C=O) groups excluding carboxylic acids is 5. The number of rotatable bonds is 31. The zero-order valence-corrected chi connectivity index (χ0v) is 37.7. The van der Waals surface area contributed by atoms with Crippen LogP contribution in [-0.4, -0.2) is 164 Å². The van der Waals surface area contributed by atoms with E-state index in [1.165, 1.54) is 37.4 Å². The molecular weight excluding hydrogens is 819 g/mol. The van der Waals surface area contributed by atoms with E-state index in [2.05, 4.69) is 21.3 Å². The monoisotopic (exact) mass is 893 g/mol. The van der Waals surface area contributed by atoms with E-state index >= 15 is 0 Å². The summed E-state index contributed by atoms with van der Waals surface area (Å²) in [6, 6.07) is -1.46. The van der Waals surface area contributed by atoms with Gasteiger partial charge < -0.3 is 61.2 Å². The van der Waals surface area contributed by atoms with E-state index in [0.717, 1.165) is 89.2 Å². The Bertz CT molecular complexity index is 1260. The Morgan fingerprint density at radius 1 is 0.633 bits per heavy atom. The van der Waals surface area contributed by atoms with Crippen LogP contribution in [0.4, 0.5) is 0 Å². The van der Waals surface area contributed by atoms with Crippen LogP contribution in [-0.2, 0) is 33.4 Å². The second-order valence-electron chi connectivity index (χ2n) is 15.7. The third kappa shape index (κ3) is 21.7. The Hall–Kier alpha value is -2.23. The van der Waals surface area contributed by atoms with Gasteiger partial charge >= 0.3 is 0 Å². The zero-order chi connectivity index (χ0) is 44.3. The highest BCUT2D eigenvalue weighted by atomic mass is 32.2. The van der Waals surface area contributed by atoms with Crippen LogP contribution in [0.3, 0.4) is 0 Å². The second kappa shape index (κ2) is 31.6. The van der Waals surface area contributed by atoms with E-state index in [1.54, 1.807) is 0 Å². The van der Waals surface area contributed by atoms with Gasteiger partial charge in [0.05, 0.1) is 25.3 Å². The highest BCUT2D eigenvalue weighted by Crippen LogP contribution is 2.29. The Balaban J connectivity index is 1.50. The van der Waals surface area contributed by atoms with Crippen LogP contribution in [0.25, 0.3) is 0 Å². The number of carbonyl (C=O) groups is 5. The van der Waals surface area contributed by atoms with E-state index in [9.17, 15) is 49.5 Å². The van der Waals surface area contributed by atoms with Crippen LogP contribution < -0.4 is 21.3 Å². The van der Waals surface area contributed by atoms with Crippen molar-refractivity contribution in [2.45, 2.75) is 177 Å². The first-order chi connectivity index (χ1) is 28.8. The van der Waals surface area contributed by atoms with Gasteiger partial charge in [-0.15, -0.1) is 23.5 Å². The van der Waals surface area contributed by atoms with Crippen LogP contribution in [0, 0.1) is 0 Å². The average molecular weight is 894 g/mol. The standard InChI is InChI=1S/C41H75N5O12S2/c1-4-17-34(53)46(22-13-5-9-18-32(51)42-20-11-7-15-24-59-40-35(44-28(2)48)37(54)30(50)27-57-40)23-14-6-10-19-33(52)43-21-12-8-16-25-60-41-36(45-29(3)49)39(56)38(55)31(26-47)58-41/h30-31,35-41,47,50,54-56H,4-27H2,1-3H3,(H,42,51)(H,43,52)(H,44,48)(H,45,49)/t30-,31?,35?,36?,37-,38-,39+,40-,41-/m0/s1. The molecule has 5 amide bonds. The predicted molar refractivity (Wildman–Crippen MR) is 232 cm³/mol. The topological polar surface area (TPSA) is 256 Å². The van der Waals surface area contributed by atoms with Crippen LogP contribution in [0.15, 0.2) is 0 Å². The van der Waals surface area contributed by atoms with Crippen molar-refractivity contribution in [3.05, 3.63) is 0 Å². The quantitative estimate of drug-likeness (QED) is 0.0445. The summed E-state index contributed by atoms with van der Waals surface area (Å²) in [6.07, 6.45) is 6.53. The van der Waals surface area contributed by atoms with Gasteiger partial charge in [0.2, 0.25) is 29.5 Å². The molecule has 2 rings (SSSR count). The molecular formula is C41H75N5O12S2. The van der Waals surface area contributed by atoms with Crippen molar-refractivity contribution >= 4 is 53.1 Å². The first-order valence-electron chi connectivity index (χ1n) is 22.0. The molecule has 9 atom stereocenters. The molecule has 0 aromatic carbocycles. The minimum absolute atomic E-state index is 0.00657. The molecule has 2 heterocycles. The lowest BCUT2D eigenvalue weighted by Crippen LogP contribution is -2.63. The summed E-state index contributed by atoms with van der Waals surface area (Å²) in [5, 5.41) is 61.4. The van der Waals surface area contributed by atoms with Gasteiger partial charge in [-0.1, -0.05) is 32.6 Å². The fourth-order valence-electron chi connectivity index (χ4n) is 7.05. The SMILES string of the molecule is CCCC(=O)N(CCCCCC(=O)NCCCCCS[C@@H]1OC[C@H](O)[C@H](O)C1NC(C)=O)CCCCCC(=O)NCCCCCS[C@@H]1OC(CO)[C@H](O)[C@H](O)C1NC(C)=O. The van der Waals surface area contributed by atoms with E-state index in [4.69, 9.17) is 9.47 Å². The molecule has 0 aliphatic carbocycles. The molecule has 19 heteroatoms. The number of unbranched alkanes of at least 4 members (excludes halogenated alkanes) is 8. The first-order valence-corrected chi connectivity index (χ1v) is 24.1. The molecule has 2 aliphatic rings. The number of aliphatic hydroxyl groups excluding tert-OH is 5. The first kappa shape index (κ1) is 53.9. The molecule has 0 radical (unpaired) electrons. The van der Waals surface area contributed by atoms with Crippen LogP contribution in [0.5, 0.6) is 0 Å². The van der Waals surface area contributed by atoms with E-state index in [0.29, 0.717) is 51.2 Å². The van der Waals surface area contributed by atoms with Gasteiger partial charge in [-0.25, -0.2) is 0 Å². The maximum Gasteiger partial charge on any atom is 0.222 e. The normalized spacial score (nSPS) is 25.3. The van der Waals surface area contributed by atoms with Crippen molar-refractivity contribution < 1.29 is 59.0 Å². The number of hydrogen-bond acceptors (Lipinski definition) is 14. The van der Waals surface area contributed by atoms with Crippen LogP contribution >= 0.6 is 23.5 Å². The number of amides is 5. The van der Waals surface area contributed by atoms with Gasteiger partial charge in [-0.3, -0.25) is 24.0 Å². The van der Waals surface area contributed by atoms with Crippen LogP contribution in [0.2, 0.25) is 0 Å². The summed E-state index contributed by atoms with van der Waals surface area (Å²) in [5.74, 6) is 0.971. The summed E-state index contributed by atoms with van der Waals surface area (Å²) in [6.45, 7) is 6.74. The summed E-state index contributed by atoms with van der Waals surface area (Å²) in [7, 11) is 0. The van der Waals surface area contributed by atoms with Crippen molar-refractivity contribution in [2.24, 2.45) is 0 Å². The second-order valence-corrected chi connectivity index (χ2v) is 18.1. The summed E-state index contributed by atoms with van der Waals surface area (Å²) >= 11 is 2.91. The Kier molecular flexibility index (Phi) is 28.4. The Morgan fingerprint density at radius 3 is 1.63 bits per heavy atom. The molecule has 2 fully saturated rings. The molecule has 0 saturated carbocycles. The number of thioether (sulfide) groups is 2. The van der Waals surface area contributed by atoms with E-state index in [-0.39, 0.29) is 36.1 Å². The van der Waals surface area contributed by atoms with Crippen molar-refractivity contribution in [1.82, 2.24) is 26.2 Å². The molecule has 0 aromatic heterocycles. The molecule has 348 valence electrons. The number of nitrogens with zero attached hydrogens (tertiary/aromatic N) is 1. The molecule has 2 aliphatic heterocycles. The number of hydrogen-bond donors (Lipinski definition) is 9. The summed E-state index contributed by atoms with van der Waals surface area (Å²) in [5.41, 5.74) is -1.04. The lowest BCUT2D eigenvalue weighted by molar-refractivity contribution is -0.173. The van der Waals surface area contributed by atoms with Crippen molar-refractivity contribution in [2.75, 3.05) is 50.9 Å². The maximum atomic E-state index is 12.8. The highest BCUT2D eigenvalue weighted by Gasteiger charge is 2.45. The van der Waals surface area contributed by atoms with Gasteiger partial charge in [-0.05, 0) is 69.3 Å². The molecule has 9 N–H and O–H groups in total. The smallest absolute Gasteiger partial charge is 0.222 e. The maximum absolute atomic E-state index is 12.8. The minimum Gasteiger partial charge on any atom is -0.394 e. The molecule has 0 spiro atoms. The Morgan fingerprint density at radius 2 is 1.13 bits per heavy atom. The van der Waals surface area contributed by atoms with E-state index in [1.807, 2.05) is 11.8 Å². The largest absolute Gasteiger partial charge is 0.394 e. The minimum atomic E-state index is -1.30. The van der Waals surface area contributed by atoms with Gasteiger partial charge in [0.25, 0.3) is 0 Å². The van der Waals surface area contributed by atoms with Crippen molar-refractivity contribution in [1.29, 1.82) is 0 Å². The van der Waals surface area contributed by atoms with Crippen molar-refractivity contribution in [3.63, 3.8) is 0 Å². The number of ether oxygens (including phenoxy) is 2. The lowest BCUT2D eigenvalue weighted by Gasteiger charge is -2.42. The zero-order valence-electron chi connectivity index (χ0n) is 36.0.